The molecule has 0 spiro atoms. The minimum absolute atomic E-state index is 0.378. The Labute approximate surface area is 79.8 Å². The van der Waals surface area contributed by atoms with E-state index in [-0.39, 0.29) is 0 Å². The van der Waals surface area contributed by atoms with Crippen LogP contribution in [0, 0.1) is 11.8 Å². The number of ether oxygens (including phenoxy) is 2. The fraction of sp³-hybridized carbons (Fsp3) is 1.00. The predicted octanol–water partition coefficient (Wildman–Crippen LogP) is 0.995. The van der Waals surface area contributed by atoms with Crippen LogP contribution in [0.2, 0.25) is 0 Å². The van der Waals surface area contributed by atoms with Gasteiger partial charge in [-0.2, -0.15) is 0 Å². The smallest absolute Gasteiger partial charge is 0.147 e. The van der Waals surface area contributed by atoms with Gasteiger partial charge in [0.15, 0.2) is 0 Å². The molecule has 0 aromatic heterocycles. The van der Waals surface area contributed by atoms with Gasteiger partial charge in [0.25, 0.3) is 0 Å². The van der Waals surface area contributed by atoms with Crippen molar-refractivity contribution < 1.29 is 9.47 Å². The molecule has 1 saturated heterocycles. The highest BCUT2D eigenvalue weighted by atomic mass is 16.7. The lowest BCUT2D eigenvalue weighted by Gasteiger charge is -2.22. The third-order valence-corrected chi connectivity index (χ3v) is 3.03. The molecule has 2 fully saturated rings. The van der Waals surface area contributed by atoms with Gasteiger partial charge in [0.1, 0.15) is 6.79 Å². The van der Waals surface area contributed by atoms with Crippen molar-refractivity contribution in [3.63, 3.8) is 0 Å². The van der Waals surface area contributed by atoms with E-state index in [4.69, 9.17) is 9.47 Å². The molecule has 3 atom stereocenters. The average Bonchev–Trinajstić information content (AvgIpc) is 2.84. The molecular formula is C10H19NO2. The number of rotatable bonds is 4. The molecule has 3 nitrogen and oxygen atoms in total. The molecule has 1 aliphatic heterocycles. The third-order valence-electron chi connectivity index (χ3n) is 3.03. The van der Waals surface area contributed by atoms with Gasteiger partial charge in [0, 0.05) is 6.54 Å². The summed E-state index contributed by atoms with van der Waals surface area (Å²) in [7, 11) is 0. The highest BCUT2D eigenvalue weighted by molar-refractivity contribution is 4.84. The van der Waals surface area contributed by atoms with Crippen LogP contribution in [0.1, 0.15) is 19.8 Å². The molecule has 0 radical (unpaired) electrons. The normalized spacial score (nSPS) is 39.0. The Bertz CT molecular complexity index is 157. The average molecular weight is 185 g/mol. The number of nitrogens with one attached hydrogen (secondary N) is 1. The van der Waals surface area contributed by atoms with Crippen LogP contribution < -0.4 is 5.32 Å². The summed E-state index contributed by atoms with van der Waals surface area (Å²) in [5, 5.41) is 3.47. The Kier molecular flexibility index (Phi) is 3.19. The van der Waals surface area contributed by atoms with Crippen LogP contribution >= 0.6 is 0 Å². The molecule has 0 aromatic rings. The maximum Gasteiger partial charge on any atom is 0.147 e. The molecule has 2 rings (SSSR count). The van der Waals surface area contributed by atoms with Crippen molar-refractivity contribution in [3.05, 3.63) is 0 Å². The van der Waals surface area contributed by atoms with Gasteiger partial charge in [0.2, 0.25) is 0 Å². The van der Waals surface area contributed by atoms with Crippen LogP contribution in [0.15, 0.2) is 0 Å². The second kappa shape index (κ2) is 4.40. The highest BCUT2D eigenvalue weighted by Crippen LogP contribution is 2.36. The first-order valence-corrected chi connectivity index (χ1v) is 5.26. The van der Waals surface area contributed by atoms with Crippen molar-refractivity contribution in [1.29, 1.82) is 0 Å². The summed E-state index contributed by atoms with van der Waals surface area (Å²) < 4.78 is 10.5. The molecule has 1 N–H and O–H groups in total. The van der Waals surface area contributed by atoms with Crippen LogP contribution in [0.3, 0.4) is 0 Å². The molecular weight excluding hydrogens is 166 g/mol. The van der Waals surface area contributed by atoms with Gasteiger partial charge in [0.05, 0.1) is 12.7 Å². The van der Waals surface area contributed by atoms with E-state index >= 15 is 0 Å². The fourth-order valence-electron chi connectivity index (χ4n) is 1.78. The van der Waals surface area contributed by atoms with Crippen LogP contribution in [0.25, 0.3) is 0 Å². The molecule has 0 amide bonds. The molecule has 0 bridgehead atoms. The van der Waals surface area contributed by atoms with Crippen molar-refractivity contribution in [3.8, 4) is 0 Å². The standard InChI is InChI=1S/C10H19NO2/c1-8-4-9(8)5-11-6-10-2-3-12-7-13-10/h8-11H,2-7H2,1H3. The van der Waals surface area contributed by atoms with Gasteiger partial charge >= 0.3 is 0 Å². The Morgan fingerprint density at radius 2 is 2.23 bits per heavy atom. The van der Waals surface area contributed by atoms with E-state index in [0.717, 1.165) is 31.4 Å². The van der Waals surface area contributed by atoms with E-state index in [1.54, 1.807) is 0 Å². The lowest BCUT2D eigenvalue weighted by molar-refractivity contribution is -0.137. The molecule has 3 unspecified atom stereocenters. The fourth-order valence-corrected chi connectivity index (χ4v) is 1.78. The SMILES string of the molecule is CC1CC1CNCC1CCOCO1. The van der Waals surface area contributed by atoms with E-state index in [0.29, 0.717) is 12.9 Å². The van der Waals surface area contributed by atoms with E-state index in [1.165, 1.54) is 13.0 Å². The minimum Gasteiger partial charge on any atom is -0.355 e. The first kappa shape index (κ1) is 9.44. The van der Waals surface area contributed by atoms with Crippen molar-refractivity contribution in [2.45, 2.75) is 25.9 Å². The second-order valence-electron chi connectivity index (χ2n) is 4.23. The number of hydrogen-bond acceptors (Lipinski definition) is 3. The number of hydrogen-bond donors (Lipinski definition) is 1. The first-order chi connectivity index (χ1) is 6.36. The highest BCUT2D eigenvalue weighted by Gasteiger charge is 2.31. The second-order valence-corrected chi connectivity index (χ2v) is 4.23. The van der Waals surface area contributed by atoms with E-state index in [9.17, 15) is 0 Å². The third kappa shape index (κ3) is 2.93. The van der Waals surface area contributed by atoms with Crippen molar-refractivity contribution in [2.75, 3.05) is 26.5 Å². The Morgan fingerprint density at radius 3 is 2.85 bits per heavy atom. The zero-order chi connectivity index (χ0) is 9.10. The molecule has 0 aromatic carbocycles. The molecule has 3 heteroatoms. The summed E-state index contributed by atoms with van der Waals surface area (Å²) in [4.78, 5) is 0. The quantitative estimate of drug-likeness (QED) is 0.708. The maximum atomic E-state index is 5.42. The van der Waals surface area contributed by atoms with Crippen LogP contribution in [-0.4, -0.2) is 32.6 Å². The summed E-state index contributed by atoms with van der Waals surface area (Å²) in [5.74, 6) is 1.88. The van der Waals surface area contributed by atoms with Crippen LogP contribution in [0.4, 0.5) is 0 Å². The van der Waals surface area contributed by atoms with Crippen LogP contribution in [0.5, 0.6) is 0 Å². The van der Waals surface area contributed by atoms with Gasteiger partial charge in [-0.25, -0.2) is 0 Å². The molecule has 1 aliphatic carbocycles. The van der Waals surface area contributed by atoms with Crippen LogP contribution in [-0.2, 0) is 9.47 Å². The lowest BCUT2D eigenvalue weighted by atomic mass is 10.2. The zero-order valence-corrected chi connectivity index (χ0v) is 8.29. The monoisotopic (exact) mass is 185 g/mol. The summed E-state index contributed by atoms with van der Waals surface area (Å²) in [5.41, 5.74) is 0. The first-order valence-electron chi connectivity index (χ1n) is 5.26. The van der Waals surface area contributed by atoms with E-state index in [1.807, 2.05) is 0 Å². The van der Waals surface area contributed by atoms with Crippen molar-refractivity contribution in [1.82, 2.24) is 5.32 Å². The van der Waals surface area contributed by atoms with E-state index in [2.05, 4.69) is 12.2 Å². The summed E-state index contributed by atoms with van der Waals surface area (Å²) in [6.07, 6.45) is 2.82. The van der Waals surface area contributed by atoms with Gasteiger partial charge in [-0.1, -0.05) is 6.92 Å². The topological polar surface area (TPSA) is 30.5 Å². The predicted molar refractivity (Wildman–Crippen MR) is 50.4 cm³/mol. The Balaban J connectivity index is 1.51. The lowest BCUT2D eigenvalue weighted by Crippen LogP contribution is -2.34. The van der Waals surface area contributed by atoms with Gasteiger partial charge in [-0.05, 0) is 31.2 Å². The summed E-state index contributed by atoms with van der Waals surface area (Å²) in [6, 6.07) is 0. The maximum absolute atomic E-state index is 5.42. The van der Waals surface area contributed by atoms with Crippen molar-refractivity contribution >= 4 is 0 Å². The molecule has 1 heterocycles. The van der Waals surface area contributed by atoms with Crippen molar-refractivity contribution in [2.24, 2.45) is 11.8 Å². The van der Waals surface area contributed by atoms with Gasteiger partial charge in [-0.15, -0.1) is 0 Å². The van der Waals surface area contributed by atoms with E-state index < -0.39 is 0 Å². The Hall–Kier alpha value is -0.120. The Morgan fingerprint density at radius 1 is 1.38 bits per heavy atom. The molecule has 13 heavy (non-hydrogen) atoms. The minimum atomic E-state index is 0.378. The largest absolute Gasteiger partial charge is 0.355 e. The van der Waals surface area contributed by atoms with Gasteiger partial charge < -0.3 is 14.8 Å². The molecule has 76 valence electrons. The molecule has 1 saturated carbocycles. The summed E-state index contributed by atoms with van der Waals surface area (Å²) >= 11 is 0. The van der Waals surface area contributed by atoms with Gasteiger partial charge in [-0.3, -0.25) is 0 Å². The molecule has 2 aliphatic rings. The summed E-state index contributed by atoms with van der Waals surface area (Å²) in [6.45, 7) is 5.81. The zero-order valence-electron chi connectivity index (χ0n) is 8.29.